The Morgan fingerprint density at radius 2 is 1.88 bits per heavy atom. The van der Waals surface area contributed by atoms with Crippen LogP contribution in [0.3, 0.4) is 0 Å². The number of nitrogens with zero attached hydrogens (tertiary/aromatic N) is 2. The molecular formula is C17H20N4O2S. The van der Waals surface area contributed by atoms with Gasteiger partial charge in [0.1, 0.15) is 5.69 Å². The van der Waals surface area contributed by atoms with Crippen LogP contribution in [0.1, 0.15) is 33.7 Å². The summed E-state index contributed by atoms with van der Waals surface area (Å²) in [6, 6.07) is 6.86. The molecule has 0 aliphatic carbocycles. The maximum Gasteiger partial charge on any atom is 0.275 e. The van der Waals surface area contributed by atoms with E-state index in [0.717, 1.165) is 19.6 Å². The fraction of sp³-hybridized carbons (Fsp3) is 0.353. The van der Waals surface area contributed by atoms with Crippen LogP contribution in [0, 0.1) is 0 Å². The van der Waals surface area contributed by atoms with Gasteiger partial charge in [-0.2, -0.15) is 0 Å². The minimum absolute atomic E-state index is 0.0911. The van der Waals surface area contributed by atoms with Crippen LogP contribution in [0.25, 0.3) is 0 Å². The Bertz CT molecular complexity index is 679. The summed E-state index contributed by atoms with van der Waals surface area (Å²) in [7, 11) is 0. The number of nitrogens with one attached hydrogen (secondary N) is 2. The smallest absolute Gasteiger partial charge is 0.275 e. The summed E-state index contributed by atoms with van der Waals surface area (Å²) in [5, 5.41) is 7.38. The number of aromatic nitrogens is 1. The van der Waals surface area contributed by atoms with E-state index in [0.29, 0.717) is 23.5 Å². The summed E-state index contributed by atoms with van der Waals surface area (Å²) < 4.78 is 0. The van der Waals surface area contributed by atoms with Gasteiger partial charge in [-0.1, -0.05) is 0 Å². The topological polar surface area (TPSA) is 74.3 Å². The third kappa shape index (κ3) is 4.39. The third-order valence-electron chi connectivity index (χ3n) is 3.98. The van der Waals surface area contributed by atoms with Gasteiger partial charge in [0.2, 0.25) is 0 Å². The van der Waals surface area contributed by atoms with Gasteiger partial charge in [-0.15, -0.1) is 11.3 Å². The lowest BCUT2D eigenvalue weighted by Crippen LogP contribution is -2.33. The van der Waals surface area contributed by atoms with Crippen LogP contribution in [-0.4, -0.2) is 47.9 Å². The molecule has 0 saturated carbocycles. The summed E-state index contributed by atoms with van der Waals surface area (Å²) in [5.74, 6) is -0.342. The zero-order valence-corrected chi connectivity index (χ0v) is 14.1. The van der Waals surface area contributed by atoms with Gasteiger partial charge in [0, 0.05) is 29.7 Å². The molecule has 126 valence electrons. The van der Waals surface area contributed by atoms with Crippen molar-refractivity contribution in [2.45, 2.75) is 12.8 Å². The maximum absolute atomic E-state index is 12.1. The molecular weight excluding hydrogens is 324 g/mol. The molecule has 2 amide bonds. The fourth-order valence-electron chi connectivity index (χ4n) is 2.66. The fourth-order valence-corrected chi connectivity index (χ4v) is 3.19. The normalized spacial score (nSPS) is 14.5. The van der Waals surface area contributed by atoms with Crippen molar-refractivity contribution in [1.82, 2.24) is 15.2 Å². The van der Waals surface area contributed by atoms with E-state index in [1.165, 1.54) is 24.2 Å². The Morgan fingerprint density at radius 1 is 1.12 bits per heavy atom. The van der Waals surface area contributed by atoms with Crippen molar-refractivity contribution in [1.29, 1.82) is 0 Å². The molecule has 0 unspecified atom stereocenters. The lowest BCUT2D eigenvalue weighted by atomic mass is 10.2. The first-order valence-corrected chi connectivity index (χ1v) is 8.97. The highest BCUT2D eigenvalue weighted by Crippen LogP contribution is 2.12. The Balaban J connectivity index is 1.48. The monoisotopic (exact) mass is 344 g/mol. The second kappa shape index (κ2) is 8.03. The molecule has 7 heteroatoms. The van der Waals surface area contributed by atoms with E-state index in [-0.39, 0.29) is 11.8 Å². The van der Waals surface area contributed by atoms with Crippen LogP contribution in [0.5, 0.6) is 0 Å². The Kier molecular flexibility index (Phi) is 5.55. The lowest BCUT2D eigenvalue weighted by molar-refractivity contribution is 0.0949. The zero-order valence-electron chi connectivity index (χ0n) is 13.3. The van der Waals surface area contributed by atoms with Gasteiger partial charge in [-0.25, -0.2) is 4.98 Å². The highest BCUT2D eigenvalue weighted by Gasteiger charge is 2.12. The van der Waals surface area contributed by atoms with Gasteiger partial charge in [-0.05, 0) is 50.2 Å². The number of carbonyl (C=O) groups is 2. The number of benzene rings is 1. The molecule has 0 radical (unpaired) electrons. The molecule has 1 aromatic heterocycles. The lowest BCUT2D eigenvalue weighted by Gasteiger charge is -2.14. The van der Waals surface area contributed by atoms with Gasteiger partial charge < -0.3 is 15.5 Å². The molecule has 24 heavy (non-hydrogen) atoms. The second-order valence-electron chi connectivity index (χ2n) is 5.71. The van der Waals surface area contributed by atoms with Crippen LogP contribution in [-0.2, 0) is 0 Å². The Hall–Kier alpha value is -2.25. The number of thiazole rings is 1. The van der Waals surface area contributed by atoms with E-state index in [2.05, 4.69) is 20.5 Å². The molecule has 2 N–H and O–H groups in total. The number of rotatable bonds is 6. The molecule has 0 atom stereocenters. The number of hydrogen-bond acceptors (Lipinski definition) is 5. The average Bonchev–Trinajstić information content (AvgIpc) is 3.29. The van der Waals surface area contributed by atoms with Gasteiger partial charge in [0.05, 0.1) is 5.51 Å². The zero-order chi connectivity index (χ0) is 16.8. The quantitative estimate of drug-likeness (QED) is 0.843. The van der Waals surface area contributed by atoms with Gasteiger partial charge in [-0.3, -0.25) is 9.59 Å². The highest BCUT2D eigenvalue weighted by atomic mass is 32.1. The molecule has 2 aromatic rings. The number of hydrogen-bond donors (Lipinski definition) is 2. The summed E-state index contributed by atoms with van der Waals surface area (Å²) in [4.78, 5) is 30.3. The van der Waals surface area contributed by atoms with Crippen molar-refractivity contribution in [3.05, 3.63) is 46.4 Å². The summed E-state index contributed by atoms with van der Waals surface area (Å²) in [6.45, 7) is 3.81. The van der Waals surface area contributed by atoms with Crippen molar-refractivity contribution in [3.63, 3.8) is 0 Å². The van der Waals surface area contributed by atoms with E-state index in [1.54, 1.807) is 35.2 Å². The molecule has 1 aromatic carbocycles. The van der Waals surface area contributed by atoms with Crippen molar-refractivity contribution >= 4 is 28.8 Å². The predicted molar refractivity (Wildman–Crippen MR) is 94.5 cm³/mol. The molecule has 2 heterocycles. The first kappa shape index (κ1) is 16.6. The van der Waals surface area contributed by atoms with Crippen molar-refractivity contribution in [2.75, 3.05) is 31.5 Å². The van der Waals surface area contributed by atoms with Gasteiger partial charge in [0.25, 0.3) is 11.8 Å². The standard InChI is InChI=1S/C17H20N4O2S/c22-16(18-7-10-21-8-1-2-9-21)13-3-5-14(6-4-13)20-17(23)15-11-24-12-19-15/h3-6,11-12H,1-2,7-10H2,(H,18,22)(H,20,23). The molecule has 6 nitrogen and oxygen atoms in total. The van der Waals surface area contributed by atoms with Crippen molar-refractivity contribution < 1.29 is 9.59 Å². The molecule has 0 bridgehead atoms. The minimum Gasteiger partial charge on any atom is -0.351 e. The molecule has 1 aliphatic rings. The van der Waals surface area contributed by atoms with Crippen LogP contribution in [0.4, 0.5) is 5.69 Å². The van der Waals surface area contributed by atoms with E-state index < -0.39 is 0 Å². The average molecular weight is 344 g/mol. The minimum atomic E-state index is -0.251. The van der Waals surface area contributed by atoms with Crippen LogP contribution in [0.15, 0.2) is 35.2 Å². The third-order valence-corrected chi connectivity index (χ3v) is 4.57. The Labute approximate surface area is 144 Å². The second-order valence-corrected chi connectivity index (χ2v) is 6.43. The first-order chi connectivity index (χ1) is 11.7. The van der Waals surface area contributed by atoms with Crippen LogP contribution in [0.2, 0.25) is 0 Å². The molecule has 1 saturated heterocycles. The summed E-state index contributed by atoms with van der Waals surface area (Å²) >= 11 is 1.37. The maximum atomic E-state index is 12.1. The number of carbonyl (C=O) groups excluding carboxylic acids is 2. The molecule has 3 rings (SSSR count). The number of amides is 2. The van der Waals surface area contributed by atoms with Gasteiger partial charge in [0.15, 0.2) is 0 Å². The first-order valence-electron chi connectivity index (χ1n) is 8.02. The number of likely N-dealkylation sites (tertiary alicyclic amines) is 1. The van der Waals surface area contributed by atoms with Gasteiger partial charge >= 0.3 is 0 Å². The number of anilines is 1. The van der Waals surface area contributed by atoms with E-state index in [4.69, 9.17) is 0 Å². The van der Waals surface area contributed by atoms with Crippen LogP contribution < -0.4 is 10.6 Å². The summed E-state index contributed by atoms with van der Waals surface area (Å²) in [6.07, 6.45) is 2.50. The SMILES string of the molecule is O=C(NCCN1CCCC1)c1ccc(NC(=O)c2cscn2)cc1. The van der Waals surface area contributed by atoms with Crippen molar-refractivity contribution in [3.8, 4) is 0 Å². The van der Waals surface area contributed by atoms with E-state index >= 15 is 0 Å². The Morgan fingerprint density at radius 3 is 2.54 bits per heavy atom. The molecule has 1 fully saturated rings. The highest BCUT2D eigenvalue weighted by molar-refractivity contribution is 7.07. The molecule has 1 aliphatic heterocycles. The largest absolute Gasteiger partial charge is 0.351 e. The van der Waals surface area contributed by atoms with Crippen molar-refractivity contribution in [2.24, 2.45) is 0 Å². The van der Waals surface area contributed by atoms with Crippen LogP contribution >= 0.6 is 11.3 Å². The summed E-state index contributed by atoms with van der Waals surface area (Å²) in [5.41, 5.74) is 3.23. The molecule has 0 spiro atoms. The van der Waals surface area contributed by atoms with E-state index in [9.17, 15) is 9.59 Å². The predicted octanol–water partition coefficient (Wildman–Crippen LogP) is 2.22. The van der Waals surface area contributed by atoms with E-state index in [1.807, 2.05) is 0 Å².